The van der Waals surface area contributed by atoms with Crippen LogP contribution in [0.1, 0.15) is 48.0 Å². The van der Waals surface area contributed by atoms with Crippen LogP contribution in [-0.4, -0.2) is 16.9 Å². The molecule has 3 nitrogen and oxygen atoms in total. The molecule has 0 spiro atoms. The van der Waals surface area contributed by atoms with Crippen LogP contribution in [0.5, 0.6) is 0 Å². The predicted molar refractivity (Wildman–Crippen MR) is 103 cm³/mol. The topological polar surface area (TPSA) is 42.0 Å². The van der Waals surface area contributed by atoms with E-state index in [9.17, 15) is 18.0 Å². The Morgan fingerprint density at radius 3 is 2.14 bits per heavy atom. The van der Waals surface area contributed by atoms with Crippen LogP contribution < -0.4 is 5.32 Å². The van der Waals surface area contributed by atoms with Gasteiger partial charge in [-0.3, -0.25) is 9.78 Å². The van der Waals surface area contributed by atoms with E-state index in [2.05, 4.69) is 10.3 Å². The van der Waals surface area contributed by atoms with Gasteiger partial charge < -0.3 is 5.32 Å². The molecular weight excluding hydrogens is 377 g/mol. The van der Waals surface area contributed by atoms with Crippen molar-refractivity contribution in [3.63, 3.8) is 0 Å². The van der Waals surface area contributed by atoms with Gasteiger partial charge in [0.2, 0.25) is 0 Å². The number of halogens is 3. The van der Waals surface area contributed by atoms with Crippen molar-refractivity contribution in [1.82, 2.24) is 10.3 Å². The number of benzene rings is 1. The van der Waals surface area contributed by atoms with E-state index >= 15 is 0 Å². The summed E-state index contributed by atoms with van der Waals surface area (Å²) in [6, 6.07) is 8.91. The number of nitrogens with one attached hydrogen (secondary N) is 1. The van der Waals surface area contributed by atoms with Crippen molar-refractivity contribution in [3.05, 3.63) is 53.7 Å². The number of nitrogens with zero attached hydrogens (tertiary/aromatic N) is 1. The van der Waals surface area contributed by atoms with Gasteiger partial charge in [-0.25, -0.2) is 0 Å². The zero-order valence-electron chi connectivity index (χ0n) is 16.0. The fourth-order valence-electron chi connectivity index (χ4n) is 5.95. The molecule has 4 saturated carbocycles. The molecule has 152 valence electrons. The summed E-state index contributed by atoms with van der Waals surface area (Å²) < 4.78 is 38.8. The number of rotatable bonds is 3. The number of amides is 1. The third-order valence-corrected chi connectivity index (χ3v) is 7.05. The lowest BCUT2D eigenvalue weighted by molar-refractivity contribution is -0.137. The van der Waals surface area contributed by atoms with Crippen molar-refractivity contribution in [1.29, 1.82) is 0 Å². The average Bonchev–Trinajstić information content (AvgIpc) is 2.69. The molecule has 0 saturated heterocycles. The van der Waals surface area contributed by atoms with Gasteiger partial charge in [0.05, 0.1) is 11.3 Å². The molecule has 1 aromatic carbocycles. The van der Waals surface area contributed by atoms with Gasteiger partial charge in [0, 0.05) is 23.4 Å². The van der Waals surface area contributed by atoms with E-state index in [0.717, 1.165) is 30.2 Å². The molecule has 2 aromatic rings. The smallest absolute Gasteiger partial charge is 0.349 e. The van der Waals surface area contributed by atoms with E-state index in [1.54, 1.807) is 24.3 Å². The molecule has 4 aliphatic carbocycles. The van der Waals surface area contributed by atoms with Gasteiger partial charge in [-0.2, -0.15) is 13.2 Å². The Morgan fingerprint density at radius 2 is 1.55 bits per heavy atom. The first-order chi connectivity index (χ1) is 13.9. The third-order valence-electron chi connectivity index (χ3n) is 7.05. The summed E-state index contributed by atoms with van der Waals surface area (Å²) in [5.41, 5.74) is 0.607. The van der Waals surface area contributed by atoms with Gasteiger partial charge >= 0.3 is 6.18 Å². The predicted octanol–water partition coefficient (Wildman–Crippen LogP) is 5.32. The summed E-state index contributed by atoms with van der Waals surface area (Å²) >= 11 is 0. The summed E-state index contributed by atoms with van der Waals surface area (Å²) in [5.74, 6) is 2.81. The second-order valence-electron chi connectivity index (χ2n) is 8.93. The number of hydrogen-bond donors (Lipinski definition) is 1. The standard InChI is InChI=1S/C23H23F3N2O/c24-23(25,26)19-5-6-27-20(12-19)15-1-3-16(4-2-15)22(29)28-21-17-8-13-7-14(10-17)11-18(21)9-13/h1-6,12-14,17-18,21H,7-11H2,(H,28,29). The fraction of sp³-hybridized carbons (Fsp3) is 0.478. The Balaban J connectivity index is 1.30. The lowest BCUT2D eigenvalue weighted by atomic mass is 9.54. The van der Waals surface area contributed by atoms with Crippen LogP contribution in [0.4, 0.5) is 13.2 Å². The van der Waals surface area contributed by atoms with Crippen LogP contribution in [0.25, 0.3) is 11.3 Å². The van der Waals surface area contributed by atoms with Crippen LogP contribution >= 0.6 is 0 Å². The Labute approximate surface area is 167 Å². The van der Waals surface area contributed by atoms with E-state index in [-0.39, 0.29) is 17.6 Å². The molecule has 0 unspecified atom stereocenters. The van der Waals surface area contributed by atoms with Crippen LogP contribution in [-0.2, 0) is 6.18 Å². The Hall–Kier alpha value is -2.37. The highest BCUT2D eigenvalue weighted by molar-refractivity contribution is 5.94. The van der Waals surface area contributed by atoms with Gasteiger partial charge in [-0.1, -0.05) is 12.1 Å². The second-order valence-corrected chi connectivity index (χ2v) is 8.93. The maximum atomic E-state index is 12.9. The van der Waals surface area contributed by atoms with Crippen molar-refractivity contribution in [2.75, 3.05) is 0 Å². The van der Waals surface area contributed by atoms with Gasteiger partial charge in [0.1, 0.15) is 0 Å². The van der Waals surface area contributed by atoms with Crippen molar-refractivity contribution in [2.45, 2.75) is 44.3 Å². The van der Waals surface area contributed by atoms with Crippen LogP contribution in [0.2, 0.25) is 0 Å². The van der Waals surface area contributed by atoms with Gasteiger partial charge in [-0.05, 0) is 80.0 Å². The first kappa shape index (κ1) is 18.6. The first-order valence-electron chi connectivity index (χ1n) is 10.3. The van der Waals surface area contributed by atoms with Crippen molar-refractivity contribution in [2.24, 2.45) is 23.7 Å². The SMILES string of the molecule is O=C(NC1C2CC3CC(C2)CC1C3)c1ccc(-c2cc(C(F)(F)F)ccn2)cc1. The number of hydrogen-bond acceptors (Lipinski definition) is 2. The second kappa shape index (κ2) is 6.85. The van der Waals surface area contributed by atoms with E-state index < -0.39 is 11.7 Å². The van der Waals surface area contributed by atoms with Gasteiger partial charge in [0.25, 0.3) is 5.91 Å². The minimum absolute atomic E-state index is 0.0916. The summed E-state index contributed by atoms with van der Waals surface area (Å²) in [5, 5.41) is 3.26. The van der Waals surface area contributed by atoms with Crippen LogP contribution in [0.15, 0.2) is 42.6 Å². The molecule has 6 heteroatoms. The van der Waals surface area contributed by atoms with E-state index in [1.807, 2.05) is 0 Å². The number of alkyl halides is 3. The van der Waals surface area contributed by atoms with Crippen molar-refractivity contribution in [3.8, 4) is 11.3 Å². The summed E-state index contributed by atoms with van der Waals surface area (Å²) in [6.07, 6.45) is 3.06. The fourth-order valence-corrected chi connectivity index (χ4v) is 5.95. The minimum atomic E-state index is -4.41. The zero-order chi connectivity index (χ0) is 20.2. The molecule has 4 bridgehead atoms. The Morgan fingerprint density at radius 1 is 0.931 bits per heavy atom. The number of pyridine rings is 1. The highest BCUT2D eigenvalue weighted by Crippen LogP contribution is 2.53. The molecule has 0 aliphatic heterocycles. The Bertz CT molecular complexity index is 894. The summed E-state index contributed by atoms with van der Waals surface area (Å²) in [6.45, 7) is 0. The molecule has 1 heterocycles. The number of carbonyl (C=O) groups is 1. The Kier molecular flexibility index (Phi) is 4.41. The van der Waals surface area contributed by atoms with Gasteiger partial charge in [-0.15, -0.1) is 0 Å². The molecule has 29 heavy (non-hydrogen) atoms. The first-order valence-corrected chi connectivity index (χ1v) is 10.3. The molecule has 4 fully saturated rings. The van der Waals surface area contributed by atoms with Crippen LogP contribution in [0.3, 0.4) is 0 Å². The van der Waals surface area contributed by atoms with Crippen molar-refractivity contribution < 1.29 is 18.0 Å². The van der Waals surface area contributed by atoms with E-state index in [4.69, 9.17) is 0 Å². The molecule has 1 aromatic heterocycles. The molecule has 6 rings (SSSR count). The molecular formula is C23H23F3N2O. The van der Waals surface area contributed by atoms with E-state index in [1.165, 1.54) is 32.1 Å². The lowest BCUT2D eigenvalue weighted by Gasteiger charge is -2.54. The molecule has 0 atom stereocenters. The highest BCUT2D eigenvalue weighted by Gasteiger charge is 2.48. The summed E-state index contributed by atoms with van der Waals surface area (Å²) in [7, 11) is 0. The quantitative estimate of drug-likeness (QED) is 0.758. The van der Waals surface area contributed by atoms with Crippen LogP contribution in [0, 0.1) is 23.7 Å². The van der Waals surface area contributed by atoms with E-state index in [0.29, 0.717) is 23.0 Å². The average molecular weight is 400 g/mol. The zero-order valence-corrected chi connectivity index (χ0v) is 16.0. The minimum Gasteiger partial charge on any atom is -0.349 e. The highest BCUT2D eigenvalue weighted by atomic mass is 19.4. The molecule has 1 amide bonds. The lowest BCUT2D eigenvalue weighted by Crippen LogP contribution is -2.55. The molecule has 1 N–H and O–H groups in total. The number of aromatic nitrogens is 1. The van der Waals surface area contributed by atoms with Crippen molar-refractivity contribution >= 4 is 5.91 Å². The largest absolute Gasteiger partial charge is 0.416 e. The maximum Gasteiger partial charge on any atom is 0.416 e. The number of carbonyl (C=O) groups excluding carboxylic acids is 1. The third kappa shape index (κ3) is 3.53. The maximum absolute atomic E-state index is 12.9. The summed E-state index contributed by atoms with van der Waals surface area (Å²) in [4.78, 5) is 16.8. The monoisotopic (exact) mass is 400 g/mol. The molecule has 0 radical (unpaired) electrons. The van der Waals surface area contributed by atoms with Gasteiger partial charge in [0.15, 0.2) is 0 Å². The normalized spacial score (nSPS) is 30.4. The molecule has 4 aliphatic rings.